The van der Waals surface area contributed by atoms with E-state index in [1.54, 1.807) is 0 Å². The molecular weight excluding hydrogens is 299 g/mol. The predicted molar refractivity (Wildman–Crippen MR) is 84.4 cm³/mol. The van der Waals surface area contributed by atoms with E-state index in [0.29, 0.717) is 12.6 Å². The van der Waals surface area contributed by atoms with Crippen LogP contribution >= 0.6 is 24.8 Å². The molecular formula is C14H22Cl2N2O2. The topological polar surface area (TPSA) is 55.6 Å². The van der Waals surface area contributed by atoms with Gasteiger partial charge in [0.2, 0.25) is 0 Å². The molecule has 2 rings (SSSR count). The van der Waals surface area contributed by atoms with E-state index in [1.807, 2.05) is 18.2 Å². The van der Waals surface area contributed by atoms with Crippen molar-refractivity contribution in [2.24, 2.45) is 5.73 Å². The molecule has 0 amide bonds. The molecule has 1 aromatic carbocycles. The molecule has 0 aliphatic heterocycles. The van der Waals surface area contributed by atoms with Gasteiger partial charge in [-0.15, -0.1) is 24.8 Å². The Kier molecular flexibility index (Phi) is 8.81. The molecule has 1 saturated carbocycles. The van der Waals surface area contributed by atoms with Crippen molar-refractivity contribution in [3.05, 3.63) is 35.9 Å². The zero-order valence-corrected chi connectivity index (χ0v) is 13.2. The van der Waals surface area contributed by atoms with Gasteiger partial charge in [-0.3, -0.25) is 9.69 Å². The number of rotatable bonds is 5. The number of benzene rings is 1. The third-order valence-electron chi connectivity index (χ3n) is 3.45. The average Bonchev–Trinajstić information content (AvgIpc) is 2.35. The summed E-state index contributed by atoms with van der Waals surface area (Å²) in [6.07, 6.45) is 1.92. The number of carbonyl (C=O) groups is 1. The number of hydrogen-bond donors (Lipinski definition) is 1. The van der Waals surface area contributed by atoms with Gasteiger partial charge in [0.05, 0.1) is 13.7 Å². The Morgan fingerprint density at radius 2 is 1.90 bits per heavy atom. The SMILES string of the molecule is COC(=O)CN(Cc1ccccc1)C1CC(N)C1.Cl.Cl. The van der Waals surface area contributed by atoms with E-state index in [1.165, 1.54) is 12.7 Å². The lowest BCUT2D eigenvalue weighted by molar-refractivity contribution is -0.143. The van der Waals surface area contributed by atoms with Crippen LogP contribution in [-0.2, 0) is 16.1 Å². The van der Waals surface area contributed by atoms with Crippen LogP contribution in [0.3, 0.4) is 0 Å². The Morgan fingerprint density at radius 1 is 1.30 bits per heavy atom. The van der Waals surface area contributed by atoms with Crippen LogP contribution in [-0.4, -0.2) is 36.6 Å². The molecule has 0 bridgehead atoms. The van der Waals surface area contributed by atoms with E-state index >= 15 is 0 Å². The summed E-state index contributed by atoms with van der Waals surface area (Å²) >= 11 is 0. The van der Waals surface area contributed by atoms with Gasteiger partial charge in [0.25, 0.3) is 0 Å². The maximum atomic E-state index is 11.4. The van der Waals surface area contributed by atoms with Crippen LogP contribution in [0.25, 0.3) is 0 Å². The summed E-state index contributed by atoms with van der Waals surface area (Å²) in [6.45, 7) is 1.11. The van der Waals surface area contributed by atoms with E-state index < -0.39 is 0 Å². The highest BCUT2D eigenvalue weighted by molar-refractivity contribution is 5.85. The molecule has 6 heteroatoms. The van der Waals surface area contributed by atoms with Crippen LogP contribution in [0.2, 0.25) is 0 Å². The van der Waals surface area contributed by atoms with Crippen molar-refractivity contribution in [1.29, 1.82) is 0 Å². The molecule has 0 saturated heterocycles. The van der Waals surface area contributed by atoms with Gasteiger partial charge in [-0.2, -0.15) is 0 Å². The predicted octanol–water partition coefficient (Wildman–Crippen LogP) is 1.99. The molecule has 1 aliphatic carbocycles. The fraction of sp³-hybridized carbons (Fsp3) is 0.500. The fourth-order valence-electron chi connectivity index (χ4n) is 2.29. The maximum Gasteiger partial charge on any atom is 0.319 e. The molecule has 0 radical (unpaired) electrons. The van der Waals surface area contributed by atoms with Gasteiger partial charge in [-0.05, 0) is 18.4 Å². The van der Waals surface area contributed by atoms with Gasteiger partial charge in [-0.25, -0.2) is 0 Å². The summed E-state index contributed by atoms with van der Waals surface area (Å²) in [5.74, 6) is -0.189. The molecule has 4 nitrogen and oxygen atoms in total. The molecule has 0 unspecified atom stereocenters. The zero-order chi connectivity index (χ0) is 13.0. The van der Waals surface area contributed by atoms with Crippen molar-refractivity contribution in [2.75, 3.05) is 13.7 Å². The smallest absolute Gasteiger partial charge is 0.319 e. The van der Waals surface area contributed by atoms with Crippen molar-refractivity contribution in [2.45, 2.75) is 31.5 Å². The first-order valence-electron chi connectivity index (χ1n) is 6.29. The molecule has 0 spiro atoms. The summed E-state index contributed by atoms with van der Waals surface area (Å²) in [6, 6.07) is 10.8. The lowest BCUT2D eigenvalue weighted by Crippen LogP contribution is -2.51. The van der Waals surface area contributed by atoms with Crippen LogP contribution in [0.4, 0.5) is 0 Å². The number of carbonyl (C=O) groups excluding carboxylic acids is 1. The molecule has 0 atom stereocenters. The Bertz CT molecular complexity index is 397. The van der Waals surface area contributed by atoms with Crippen molar-refractivity contribution >= 4 is 30.8 Å². The van der Waals surface area contributed by atoms with Crippen LogP contribution in [0.15, 0.2) is 30.3 Å². The molecule has 20 heavy (non-hydrogen) atoms. The van der Waals surface area contributed by atoms with Gasteiger partial charge in [0.1, 0.15) is 0 Å². The van der Waals surface area contributed by atoms with E-state index in [4.69, 9.17) is 10.5 Å². The first-order chi connectivity index (χ1) is 8.69. The van der Waals surface area contributed by atoms with Crippen LogP contribution in [0.5, 0.6) is 0 Å². The summed E-state index contributed by atoms with van der Waals surface area (Å²) in [4.78, 5) is 13.6. The largest absolute Gasteiger partial charge is 0.468 e. The van der Waals surface area contributed by atoms with E-state index in [9.17, 15) is 4.79 Å². The number of ether oxygens (including phenoxy) is 1. The minimum atomic E-state index is -0.189. The maximum absolute atomic E-state index is 11.4. The van der Waals surface area contributed by atoms with Gasteiger partial charge in [0.15, 0.2) is 0 Å². The lowest BCUT2D eigenvalue weighted by Gasteiger charge is -2.40. The van der Waals surface area contributed by atoms with Gasteiger partial charge >= 0.3 is 5.97 Å². The third-order valence-corrected chi connectivity index (χ3v) is 3.45. The highest BCUT2D eigenvalue weighted by atomic mass is 35.5. The second-order valence-electron chi connectivity index (χ2n) is 4.85. The summed E-state index contributed by atoms with van der Waals surface area (Å²) in [7, 11) is 1.43. The lowest BCUT2D eigenvalue weighted by atomic mass is 9.86. The second-order valence-corrected chi connectivity index (χ2v) is 4.85. The molecule has 114 valence electrons. The van der Waals surface area contributed by atoms with Crippen molar-refractivity contribution in [3.63, 3.8) is 0 Å². The zero-order valence-electron chi connectivity index (χ0n) is 11.5. The Hall–Kier alpha value is -0.810. The molecule has 0 aromatic heterocycles. The Balaban J connectivity index is 0.00000180. The number of methoxy groups -OCH3 is 1. The highest BCUT2D eigenvalue weighted by Gasteiger charge is 2.32. The Morgan fingerprint density at radius 3 is 2.40 bits per heavy atom. The summed E-state index contributed by atoms with van der Waals surface area (Å²) in [5, 5.41) is 0. The van der Waals surface area contributed by atoms with Crippen LogP contribution in [0.1, 0.15) is 18.4 Å². The quantitative estimate of drug-likeness (QED) is 0.843. The van der Waals surface area contributed by atoms with Gasteiger partial charge < -0.3 is 10.5 Å². The molecule has 1 aromatic rings. The number of esters is 1. The normalized spacial score (nSPS) is 20.4. The number of nitrogens with zero attached hydrogens (tertiary/aromatic N) is 1. The monoisotopic (exact) mass is 320 g/mol. The van der Waals surface area contributed by atoms with Crippen LogP contribution < -0.4 is 5.73 Å². The van der Waals surface area contributed by atoms with Gasteiger partial charge in [0, 0.05) is 18.6 Å². The number of hydrogen-bond acceptors (Lipinski definition) is 4. The second kappa shape index (κ2) is 9.19. The van der Waals surface area contributed by atoms with Gasteiger partial charge in [-0.1, -0.05) is 30.3 Å². The standard InChI is InChI=1S/C14H20N2O2.2ClH/c1-18-14(17)10-16(13-7-12(15)8-13)9-11-5-3-2-4-6-11;;/h2-6,12-13H,7-10,15H2,1H3;2*1H. The van der Waals surface area contributed by atoms with Crippen molar-refractivity contribution < 1.29 is 9.53 Å². The fourth-order valence-corrected chi connectivity index (χ4v) is 2.29. The molecule has 2 N–H and O–H groups in total. The van der Waals surface area contributed by atoms with E-state index in [0.717, 1.165) is 19.4 Å². The summed E-state index contributed by atoms with van der Waals surface area (Å²) < 4.78 is 4.75. The summed E-state index contributed by atoms with van der Waals surface area (Å²) in [5.41, 5.74) is 7.03. The first kappa shape index (κ1) is 19.2. The molecule has 0 heterocycles. The first-order valence-corrected chi connectivity index (χ1v) is 6.29. The third kappa shape index (κ3) is 5.29. The number of nitrogens with two attached hydrogens (primary N) is 1. The minimum absolute atomic E-state index is 0. The Labute approximate surface area is 132 Å². The average molecular weight is 321 g/mol. The van der Waals surface area contributed by atoms with E-state index in [2.05, 4.69) is 17.0 Å². The molecule has 1 aliphatic rings. The van der Waals surface area contributed by atoms with E-state index in [-0.39, 0.29) is 36.8 Å². The van der Waals surface area contributed by atoms with Crippen molar-refractivity contribution in [3.8, 4) is 0 Å². The van der Waals surface area contributed by atoms with Crippen LogP contribution in [0, 0.1) is 0 Å². The highest BCUT2D eigenvalue weighted by Crippen LogP contribution is 2.25. The van der Waals surface area contributed by atoms with Crippen molar-refractivity contribution in [1.82, 2.24) is 4.90 Å². The minimum Gasteiger partial charge on any atom is -0.468 e. The number of halogens is 2. The molecule has 1 fully saturated rings.